The molecule has 3 rings (SSSR count). The van der Waals surface area contributed by atoms with Crippen LogP contribution in [0.2, 0.25) is 0 Å². The molecule has 0 aliphatic carbocycles. The number of alkyl halides is 1. The van der Waals surface area contributed by atoms with Gasteiger partial charge in [-0.05, 0) is 25.2 Å². The summed E-state index contributed by atoms with van der Waals surface area (Å²) in [5.41, 5.74) is 0.987. The summed E-state index contributed by atoms with van der Waals surface area (Å²) >= 11 is 7.21. The third kappa shape index (κ3) is 4.64. The van der Waals surface area contributed by atoms with Crippen molar-refractivity contribution in [3.8, 4) is 0 Å². The van der Waals surface area contributed by atoms with E-state index in [2.05, 4.69) is 20.3 Å². The van der Waals surface area contributed by atoms with E-state index in [1.807, 2.05) is 16.3 Å². The van der Waals surface area contributed by atoms with Crippen molar-refractivity contribution in [2.45, 2.75) is 25.7 Å². The summed E-state index contributed by atoms with van der Waals surface area (Å²) in [4.78, 5) is 26.8. The maximum atomic E-state index is 12.0. The monoisotopic (exact) mass is 365 g/mol. The Balaban J connectivity index is 1.60. The number of hydrogen-bond donors (Lipinski definition) is 1. The van der Waals surface area contributed by atoms with E-state index in [0.717, 1.165) is 49.0 Å². The lowest BCUT2D eigenvalue weighted by molar-refractivity contribution is -0.132. The van der Waals surface area contributed by atoms with Gasteiger partial charge in [0, 0.05) is 48.7 Å². The van der Waals surface area contributed by atoms with Gasteiger partial charge in [-0.15, -0.1) is 22.9 Å². The molecule has 1 aliphatic rings. The smallest absolute Gasteiger partial charge is 0.223 e. The molecule has 24 heavy (non-hydrogen) atoms. The SMILES string of the molecule is O=C(CCCl)N1CCCC(Cc2cc(Nc3nccs3)ncn2)C1. The second kappa shape index (κ2) is 8.39. The Morgan fingerprint density at radius 1 is 1.42 bits per heavy atom. The van der Waals surface area contributed by atoms with Crippen molar-refractivity contribution < 1.29 is 4.79 Å². The maximum absolute atomic E-state index is 12.0. The molecule has 1 unspecified atom stereocenters. The van der Waals surface area contributed by atoms with E-state index in [1.165, 1.54) is 11.3 Å². The van der Waals surface area contributed by atoms with Crippen LogP contribution in [0, 0.1) is 5.92 Å². The summed E-state index contributed by atoms with van der Waals surface area (Å²) in [7, 11) is 0. The molecule has 0 saturated carbocycles. The fourth-order valence-electron chi connectivity index (χ4n) is 2.97. The molecule has 1 atom stereocenters. The molecule has 1 fully saturated rings. The summed E-state index contributed by atoms with van der Waals surface area (Å²) in [5.74, 6) is 1.72. The number of rotatable bonds is 6. The van der Waals surface area contributed by atoms with Crippen LogP contribution in [0.5, 0.6) is 0 Å². The lowest BCUT2D eigenvalue weighted by Gasteiger charge is -2.32. The van der Waals surface area contributed by atoms with E-state index in [9.17, 15) is 4.79 Å². The van der Waals surface area contributed by atoms with Gasteiger partial charge in [0.2, 0.25) is 5.91 Å². The number of aromatic nitrogens is 3. The predicted octanol–water partition coefficient (Wildman–Crippen LogP) is 3.09. The highest BCUT2D eigenvalue weighted by Gasteiger charge is 2.23. The van der Waals surface area contributed by atoms with Crippen molar-refractivity contribution in [3.05, 3.63) is 29.7 Å². The highest BCUT2D eigenvalue weighted by Crippen LogP contribution is 2.22. The second-order valence-electron chi connectivity index (χ2n) is 5.85. The zero-order valence-corrected chi connectivity index (χ0v) is 14.9. The molecule has 1 N–H and O–H groups in total. The number of likely N-dealkylation sites (tertiary alicyclic amines) is 1. The fraction of sp³-hybridized carbons (Fsp3) is 0.500. The van der Waals surface area contributed by atoms with Crippen LogP contribution in [0.15, 0.2) is 24.0 Å². The molecule has 2 aromatic rings. The van der Waals surface area contributed by atoms with E-state index in [4.69, 9.17) is 11.6 Å². The minimum absolute atomic E-state index is 0.156. The van der Waals surface area contributed by atoms with Gasteiger partial charge in [0.15, 0.2) is 5.13 Å². The average molecular weight is 366 g/mol. The van der Waals surface area contributed by atoms with Crippen LogP contribution in [0.25, 0.3) is 0 Å². The Morgan fingerprint density at radius 2 is 2.33 bits per heavy atom. The van der Waals surface area contributed by atoms with Gasteiger partial charge in [-0.2, -0.15) is 0 Å². The van der Waals surface area contributed by atoms with Gasteiger partial charge < -0.3 is 10.2 Å². The zero-order chi connectivity index (χ0) is 16.8. The molecule has 0 aromatic carbocycles. The van der Waals surface area contributed by atoms with Gasteiger partial charge in [-0.3, -0.25) is 4.79 Å². The van der Waals surface area contributed by atoms with Crippen LogP contribution in [0.3, 0.4) is 0 Å². The lowest BCUT2D eigenvalue weighted by Crippen LogP contribution is -2.40. The van der Waals surface area contributed by atoms with Crippen molar-refractivity contribution in [2.75, 3.05) is 24.3 Å². The summed E-state index contributed by atoms with van der Waals surface area (Å²) in [6, 6.07) is 1.96. The Labute approximate surface area is 150 Å². The second-order valence-corrected chi connectivity index (χ2v) is 7.12. The molecule has 3 heterocycles. The maximum Gasteiger partial charge on any atom is 0.223 e. The van der Waals surface area contributed by atoms with E-state index in [1.54, 1.807) is 12.5 Å². The van der Waals surface area contributed by atoms with Crippen molar-refractivity contribution >= 4 is 39.8 Å². The molecule has 0 spiro atoms. The van der Waals surface area contributed by atoms with Gasteiger partial charge in [0.1, 0.15) is 12.1 Å². The molecule has 128 valence electrons. The number of carbonyl (C=O) groups is 1. The normalized spacial score (nSPS) is 17.7. The number of anilines is 2. The van der Waals surface area contributed by atoms with E-state index in [0.29, 0.717) is 18.2 Å². The number of carbonyl (C=O) groups excluding carboxylic acids is 1. The summed E-state index contributed by atoms with van der Waals surface area (Å²) < 4.78 is 0. The number of nitrogens with one attached hydrogen (secondary N) is 1. The lowest BCUT2D eigenvalue weighted by atomic mass is 9.93. The molecule has 2 aromatic heterocycles. The molecule has 1 aliphatic heterocycles. The highest BCUT2D eigenvalue weighted by molar-refractivity contribution is 7.13. The Hall–Kier alpha value is -1.73. The molecule has 8 heteroatoms. The topological polar surface area (TPSA) is 71.0 Å². The first-order valence-corrected chi connectivity index (χ1v) is 9.47. The van der Waals surface area contributed by atoms with Gasteiger partial charge >= 0.3 is 0 Å². The number of nitrogens with zero attached hydrogens (tertiary/aromatic N) is 4. The first-order chi connectivity index (χ1) is 11.7. The van der Waals surface area contributed by atoms with Gasteiger partial charge in [-0.25, -0.2) is 15.0 Å². The van der Waals surface area contributed by atoms with Crippen molar-refractivity contribution in [1.82, 2.24) is 19.9 Å². The third-order valence-electron chi connectivity index (χ3n) is 4.07. The molecular formula is C16H20ClN5OS. The fourth-order valence-corrected chi connectivity index (χ4v) is 3.66. The number of amides is 1. The van der Waals surface area contributed by atoms with Gasteiger partial charge in [0.25, 0.3) is 0 Å². The standard InChI is InChI=1S/C16H20ClN5OS/c17-4-3-15(23)22-6-1-2-12(10-22)8-13-9-14(20-11-19-13)21-16-18-5-7-24-16/h5,7,9,11-12H,1-4,6,8,10H2,(H,18,19,20,21). The summed E-state index contributed by atoms with van der Waals surface area (Å²) in [5, 5.41) is 5.91. The van der Waals surface area contributed by atoms with Crippen molar-refractivity contribution in [2.24, 2.45) is 5.92 Å². The predicted molar refractivity (Wildman–Crippen MR) is 95.8 cm³/mol. The molecule has 1 saturated heterocycles. The van der Waals surface area contributed by atoms with E-state index in [-0.39, 0.29) is 5.91 Å². The largest absolute Gasteiger partial charge is 0.342 e. The number of halogens is 1. The van der Waals surface area contributed by atoms with Crippen molar-refractivity contribution in [1.29, 1.82) is 0 Å². The van der Waals surface area contributed by atoms with Crippen LogP contribution >= 0.6 is 22.9 Å². The Bertz CT molecular complexity index is 666. The quantitative estimate of drug-likeness (QED) is 0.796. The number of hydrogen-bond acceptors (Lipinski definition) is 6. The molecule has 6 nitrogen and oxygen atoms in total. The van der Waals surface area contributed by atoms with E-state index >= 15 is 0 Å². The van der Waals surface area contributed by atoms with Crippen LogP contribution in [0.1, 0.15) is 25.0 Å². The minimum atomic E-state index is 0.156. The average Bonchev–Trinajstić information content (AvgIpc) is 3.09. The number of thiazole rings is 1. The summed E-state index contributed by atoms with van der Waals surface area (Å²) in [6.07, 6.45) is 6.75. The Morgan fingerprint density at radius 3 is 3.12 bits per heavy atom. The first kappa shape index (κ1) is 17.1. The van der Waals surface area contributed by atoms with Gasteiger partial charge in [-0.1, -0.05) is 0 Å². The molecule has 0 radical (unpaired) electrons. The molecule has 1 amide bonds. The molecular weight excluding hydrogens is 346 g/mol. The third-order valence-corrected chi connectivity index (χ3v) is 4.95. The van der Waals surface area contributed by atoms with Crippen LogP contribution < -0.4 is 5.32 Å². The highest BCUT2D eigenvalue weighted by atomic mass is 35.5. The minimum Gasteiger partial charge on any atom is -0.342 e. The Kier molecular flexibility index (Phi) is 5.98. The van der Waals surface area contributed by atoms with Crippen LogP contribution in [-0.4, -0.2) is 44.7 Å². The number of piperidine rings is 1. The zero-order valence-electron chi connectivity index (χ0n) is 13.3. The first-order valence-electron chi connectivity index (χ1n) is 8.06. The van der Waals surface area contributed by atoms with Crippen molar-refractivity contribution in [3.63, 3.8) is 0 Å². The van der Waals surface area contributed by atoms with Gasteiger partial charge in [0.05, 0.1) is 0 Å². The molecule has 0 bridgehead atoms. The van der Waals surface area contributed by atoms with Crippen LogP contribution in [-0.2, 0) is 11.2 Å². The van der Waals surface area contributed by atoms with Crippen LogP contribution in [0.4, 0.5) is 10.9 Å². The summed E-state index contributed by atoms with van der Waals surface area (Å²) in [6.45, 7) is 1.63. The van der Waals surface area contributed by atoms with E-state index < -0.39 is 0 Å².